The van der Waals surface area contributed by atoms with Gasteiger partial charge in [0.15, 0.2) is 17.5 Å². The number of benzene rings is 1. The van der Waals surface area contributed by atoms with Gasteiger partial charge < -0.3 is 5.32 Å². The second kappa shape index (κ2) is 6.64. The molecule has 6 heteroatoms. The zero-order valence-corrected chi connectivity index (χ0v) is 14.2. The minimum Gasteiger partial charge on any atom is -0.372 e. The molecule has 112 valence electrons. The molecule has 0 bridgehead atoms. The van der Waals surface area contributed by atoms with E-state index in [4.69, 9.17) is 0 Å². The lowest BCUT2D eigenvalue weighted by atomic mass is 10.1. The van der Waals surface area contributed by atoms with Crippen molar-refractivity contribution < 1.29 is 8.78 Å². The Morgan fingerprint density at radius 3 is 2.48 bits per heavy atom. The van der Waals surface area contributed by atoms with Crippen LogP contribution in [0.3, 0.4) is 0 Å². The molecule has 0 aliphatic rings. The van der Waals surface area contributed by atoms with Gasteiger partial charge >= 0.3 is 0 Å². The maximum absolute atomic E-state index is 13.4. The highest BCUT2D eigenvalue weighted by molar-refractivity contribution is 14.1. The van der Waals surface area contributed by atoms with Gasteiger partial charge in [0.05, 0.1) is 9.26 Å². The summed E-state index contributed by atoms with van der Waals surface area (Å²) >= 11 is 2.20. The first-order valence-corrected chi connectivity index (χ1v) is 7.69. The van der Waals surface area contributed by atoms with E-state index in [1.165, 1.54) is 6.07 Å². The number of aromatic nitrogens is 2. The molecule has 0 amide bonds. The average molecular weight is 403 g/mol. The maximum Gasteiger partial charge on any atom is 0.161 e. The van der Waals surface area contributed by atoms with E-state index in [2.05, 4.69) is 51.7 Å². The van der Waals surface area contributed by atoms with Crippen LogP contribution >= 0.6 is 22.6 Å². The van der Waals surface area contributed by atoms with Crippen molar-refractivity contribution in [3.05, 3.63) is 39.1 Å². The van der Waals surface area contributed by atoms with E-state index in [0.29, 0.717) is 23.1 Å². The standard InChI is InChI=1S/C15H16F2IN3/c1-8(2)6-12-13(18)15(19-3)21-14(20-12)9-4-5-10(16)11(17)7-9/h4-5,7-8H,6H2,1-3H3,(H,19,20,21). The molecule has 0 spiro atoms. The maximum atomic E-state index is 13.4. The number of hydrogen-bond donors (Lipinski definition) is 1. The summed E-state index contributed by atoms with van der Waals surface area (Å²) < 4.78 is 27.4. The molecule has 0 aliphatic heterocycles. The quantitative estimate of drug-likeness (QED) is 0.776. The van der Waals surface area contributed by atoms with Crippen LogP contribution in [0, 0.1) is 21.1 Å². The predicted molar refractivity (Wildman–Crippen MR) is 88.2 cm³/mol. The first-order valence-electron chi connectivity index (χ1n) is 6.62. The third-order valence-electron chi connectivity index (χ3n) is 2.94. The lowest BCUT2D eigenvalue weighted by Gasteiger charge is -2.13. The summed E-state index contributed by atoms with van der Waals surface area (Å²) in [5.74, 6) is -0.238. The van der Waals surface area contributed by atoms with Crippen LogP contribution in [0.15, 0.2) is 18.2 Å². The van der Waals surface area contributed by atoms with Crippen molar-refractivity contribution in [2.45, 2.75) is 20.3 Å². The molecule has 0 atom stereocenters. The van der Waals surface area contributed by atoms with E-state index >= 15 is 0 Å². The predicted octanol–water partition coefficient (Wildman–Crippen LogP) is 4.27. The minimum atomic E-state index is -0.897. The van der Waals surface area contributed by atoms with Gasteiger partial charge in [-0.2, -0.15) is 0 Å². The van der Waals surface area contributed by atoms with Gasteiger partial charge in [0.25, 0.3) is 0 Å². The summed E-state index contributed by atoms with van der Waals surface area (Å²) in [5.41, 5.74) is 1.37. The van der Waals surface area contributed by atoms with Crippen LogP contribution in [0.5, 0.6) is 0 Å². The highest BCUT2D eigenvalue weighted by Crippen LogP contribution is 2.26. The molecule has 1 aromatic carbocycles. The number of rotatable bonds is 4. The summed E-state index contributed by atoms with van der Waals surface area (Å²) in [6.07, 6.45) is 0.798. The molecule has 21 heavy (non-hydrogen) atoms. The molecule has 0 saturated carbocycles. The summed E-state index contributed by atoms with van der Waals surface area (Å²) in [4.78, 5) is 8.90. The molecular weight excluding hydrogens is 387 g/mol. The molecule has 0 aliphatic carbocycles. The first kappa shape index (κ1) is 16.1. The monoisotopic (exact) mass is 403 g/mol. The molecule has 0 unspecified atom stereocenters. The van der Waals surface area contributed by atoms with Crippen LogP contribution in [0.25, 0.3) is 11.4 Å². The molecule has 1 aromatic heterocycles. The number of hydrogen-bond acceptors (Lipinski definition) is 3. The van der Waals surface area contributed by atoms with Gasteiger partial charge in [0, 0.05) is 12.6 Å². The Labute approximate surface area is 136 Å². The molecule has 2 rings (SSSR count). The van der Waals surface area contributed by atoms with Gasteiger partial charge in [-0.3, -0.25) is 0 Å². The van der Waals surface area contributed by atoms with Gasteiger partial charge in [-0.1, -0.05) is 13.8 Å². The van der Waals surface area contributed by atoms with Crippen molar-refractivity contribution in [3.63, 3.8) is 0 Å². The Balaban J connectivity index is 2.54. The number of nitrogens with one attached hydrogen (secondary N) is 1. The van der Waals surface area contributed by atoms with E-state index in [0.717, 1.165) is 27.8 Å². The summed E-state index contributed by atoms with van der Waals surface area (Å²) in [6.45, 7) is 4.21. The van der Waals surface area contributed by atoms with Crippen LogP contribution in [-0.4, -0.2) is 17.0 Å². The number of halogens is 3. The smallest absolute Gasteiger partial charge is 0.161 e. The van der Waals surface area contributed by atoms with Crippen LogP contribution in [0.1, 0.15) is 19.5 Å². The van der Waals surface area contributed by atoms with Crippen LogP contribution < -0.4 is 5.32 Å². The minimum absolute atomic E-state index is 0.398. The van der Waals surface area contributed by atoms with E-state index in [1.54, 1.807) is 7.05 Å². The third-order valence-corrected chi connectivity index (χ3v) is 4.07. The van der Waals surface area contributed by atoms with Crippen molar-refractivity contribution in [3.8, 4) is 11.4 Å². The highest BCUT2D eigenvalue weighted by Gasteiger charge is 2.15. The SMILES string of the molecule is CNc1nc(-c2ccc(F)c(F)c2)nc(CC(C)C)c1I. The van der Waals surface area contributed by atoms with E-state index in [1.807, 2.05) is 0 Å². The van der Waals surface area contributed by atoms with Crippen molar-refractivity contribution in [1.82, 2.24) is 9.97 Å². The van der Waals surface area contributed by atoms with E-state index in [9.17, 15) is 8.78 Å². The van der Waals surface area contributed by atoms with Crippen molar-refractivity contribution in [2.75, 3.05) is 12.4 Å². The Morgan fingerprint density at radius 2 is 1.90 bits per heavy atom. The van der Waals surface area contributed by atoms with Crippen LogP contribution in [-0.2, 0) is 6.42 Å². The van der Waals surface area contributed by atoms with Gasteiger partial charge in [0.2, 0.25) is 0 Å². The molecule has 2 aromatic rings. The lowest BCUT2D eigenvalue weighted by Crippen LogP contribution is -2.08. The van der Waals surface area contributed by atoms with E-state index < -0.39 is 11.6 Å². The topological polar surface area (TPSA) is 37.8 Å². The van der Waals surface area contributed by atoms with E-state index in [-0.39, 0.29) is 0 Å². The van der Waals surface area contributed by atoms with Crippen LogP contribution in [0.2, 0.25) is 0 Å². The summed E-state index contributed by atoms with van der Waals surface area (Å²) in [6, 6.07) is 3.70. The molecule has 1 N–H and O–H groups in total. The van der Waals surface area contributed by atoms with Gasteiger partial charge in [-0.05, 0) is 53.1 Å². The lowest BCUT2D eigenvalue weighted by molar-refractivity contribution is 0.509. The van der Waals surface area contributed by atoms with Crippen molar-refractivity contribution >= 4 is 28.4 Å². The Hall–Kier alpha value is -1.31. The molecule has 0 fully saturated rings. The molecule has 3 nitrogen and oxygen atoms in total. The second-order valence-electron chi connectivity index (χ2n) is 5.13. The largest absolute Gasteiger partial charge is 0.372 e. The zero-order valence-electron chi connectivity index (χ0n) is 12.0. The fraction of sp³-hybridized carbons (Fsp3) is 0.333. The van der Waals surface area contributed by atoms with Gasteiger partial charge in [-0.15, -0.1) is 0 Å². The molecule has 1 heterocycles. The van der Waals surface area contributed by atoms with Crippen molar-refractivity contribution in [2.24, 2.45) is 5.92 Å². The van der Waals surface area contributed by atoms with Crippen LogP contribution in [0.4, 0.5) is 14.6 Å². The van der Waals surface area contributed by atoms with Crippen molar-refractivity contribution in [1.29, 1.82) is 0 Å². The van der Waals surface area contributed by atoms with Gasteiger partial charge in [0.1, 0.15) is 5.82 Å². The normalized spacial score (nSPS) is 11.0. The molecular formula is C15H16F2IN3. The highest BCUT2D eigenvalue weighted by atomic mass is 127. The second-order valence-corrected chi connectivity index (χ2v) is 6.21. The fourth-order valence-corrected chi connectivity index (χ4v) is 2.68. The Morgan fingerprint density at radius 1 is 1.19 bits per heavy atom. The molecule has 0 saturated heterocycles. The zero-order chi connectivity index (χ0) is 15.6. The fourth-order valence-electron chi connectivity index (χ4n) is 1.95. The third kappa shape index (κ3) is 3.66. The summed E-state index contributed by atoms with van der Waals surface area (Å²) in [5, 5.41) is 3.02. The molecule has 0 radical (unpaired) electrons. The summed E-state index contributed by atoms with van der Waals surface area (Å²) in [7, 11) is 1.78. The Bertz CT molecular complexity index is 660. The van der Waals surface area contributed by atoms with Gasteiger partial charge in [-0.25, -0.2) is 18.7 Å². The Kier molecular flexibility index (Phi) is 5.08. The number of nitrogens with zero attached hydrogens (tertiary/aromatic N) is 2. The average Bonchev–Trinajstić information content (AvgIpc) is 2.43. The number of anilines is 1. The first-order chi connectivity index (χ1) is 9.92.